The highest BCUT2D eigenvalue weighted by atomic mass is 35.5. The number of hydrogen-bond donors (Lipinski definition) is 4. The number of anilines is 5. The van der Waals surface area contributed by atoms with E-state index >= 15 is 4.39 Å². The van der Waals surface area contributed by atoms with E-state index in [1.807, 2.05) is 94.4 Å². The van der Waals surface area contributed by atoms with Crippen molar-refractivity contribution in [1.82, 2.24) is 78.8 Å². The van der Waals surface area contributed by atoms with Crippen LogP contribution >= 0.6 is 23.2 Å². The number of fused-ring (bicyclic) bond motifs is 1. The van der Waals surface area contributed by atoms with E-state index in [0.29, 0.717) is 80.7 Å². The molecule has 23 nitrogen and oxygen atoms in total. The van der Waals surface area contributed by atoms with Gasteiger partial charge in [0.2, 0.25) is 0 Å². The predicted octanol–water partition coefficient (Wildman–Crippen LogP) is 13.1. The summed E-state index contributed by atoms with van der Waals surface area (Å²) in [6.45, 7) is 11.2. The molecule has 0 radical (unpaired) electrons. The number of aromatic nitrogens is 11. The average molecular weight is 1470 g/mol. The lowest BCUT2D eigenvalue weighted by molar-refractivity contribution is 0.281. The summed E-state index contributed by atoms with van der Waals surface area (Å²) in [7, 11) is 13.8. The summed E-state index contributed by atoms with van der Waals surface area (Å²) in [5, 5.41) is 30.4. The van der Waals surface area contributed by atoms with Gasteiger partial charge in [0.15, 0.2) is 5.15 Å². The second kappa shape index (κ2) is 34.8. The first-order valence-electron chi connectivity index (χ1n) is 35.9. The zero-order chi connectivity index (χ0) is 74.6. The summed E-state index contributed by atoms with van der Waals surface area (Å²) in [6.07, 6.45) is 25.0. The molecule has 0 spiro atoms. The second-order valence-electron chi connectivity index (χ2n) is 28.8. The summed E-state index contributed by atoms with van der Waals surface area (Å²) in [6, 6.07) is 33.7. The van der Waals surface area contributed by atoms with E-state index in [-0.39, 0.29) is 38.4 Å². The van der Waals surface area contributed by atoms with Crippen LogP contribution in [0.25, 0.3) is 27.7 Å². The Morgan fingerprint density at radius 3 is 1.43 bits per heavy atom. The van der Waals surface area contributed by atoms with E-state index in [0.717, 1.165) is 48.2 Å². The van der Waals surface area contributed by atoms with Crippen LogP contribution in [0.3, 0.4) is 0 Å². The molecule has 5 aliphatic heterocycles. The molecule has 5 N–H and O–H groups in total. The van der Waals surface area contributed by atoms with Gasteiger partial charge in [-0.05, 0) is 226 Å². The van der Waals surface area contributed by atoms with Crippen molar-refractivity contribution in [1.29, 1.82) is 0 Å². The summed E-state index contributed by atoms with van der Waals surface area (Å²) in [4.78, 5) is 71.7. The molecule has 26 heteroatoms. The maximum Gasteiger partial charge on any atom is 0.290 e. The molecule has 552 valence electrons. The number of aliphatic hydroxyl groups excluding tert-OH is 1. The Balaban J connectivity index is 0.000000150. The number of nitrogen functional groups attached to an aromatic ring is 1. The fraction of sp³-hybridized carbons (Fsp3) is 0.405. The fourth-order valence-corrected chi connectivity index (χ4v) is 14.9. The van der Waals surface area contributed by atoms with Crippen molar-refractivity contribution in [2.24, 2.45) is 14.1 Å². The van der Waals surface area contributed by atoms with Crippen LogP contribution in [0.5, 0.6) is 0 Å². The number of halogens is 3. The zero-order valence-electron chi connectivity index (χ0n) is 61.6. The molecule has 5 atom stereocenters. The van der Waals surface area contributed by atoms with Gasteiger partial charge < -0.3 is 21.5 Å². The summed E-state index contributed by atoms with van der Waals surface area (Å²) in [5.74, 6) is 1.09. The SMILES string of the molecule is CN1CCC[C@H]1c1ccc(Cl)nc1.CN1CCC[C@H]1c1ccc(N)nc1.CN1CCC[C@H]1c1ccc(Nc2cc(-c3cccc(-n4ncc5cc(C(C)(C)C)cc(F)c5c4=O)c3CO)nn(C)c2=O)nc1.CN1CCC[C@H]1c1ccc(Nc2cc(Cl)nn(C)c2=O)nc1.CN1CCC[C@H]1c1cccnc1. The molecule has 5 aliphatic rings. The van der Waals surface area contributed by atoms with Crippen molar-refractivity contribution < 1.29 is 9.50 Å². The van der Waals surface area contributed by atoms with E-state index in [2.05, 4.69) is 135 Å². The minimum absolute atomic E-state index is 0.0860. The molecular formula is C79H96Cl2FN19O4. The minimum atomic E-state index is -0.647. The van der Waals surface area contributed by atoms with Gasteiger partial charge in [-0.25, -0.2) is 33.7 Å². The Labute approximate surface area is 622 Å². The molecule has 0 unspecified atom stereocenters. The number of likely N-dealkylation sites (tertiary alicyclic amines) is 5. The van der Waals surface area contributed by atoms with Gasteiger partial charge >= 0.3 is 0 Å². The van der Waals surface area contributed by atoms with E-state index in [1.54, 1.807) is 37.4 Å². The molecule has 0 saturated carbocycles. The van der Waals surface area contributed by atoms with Crippen molar-refractivity contribution >= 4 is 62.8 Å². The van der Waals surface area contributed by atoms with Crippen LogP contribution < -0.4 is 33.0 Å². The van der Waals surface area contributed by atoms with E-state index < -0.39 is 18.0 Å². The summed E-state index contributed by atoms with van der Waals surface area (Å²) < 4.78 is 18.8. The van der Waals surface area contributed by atoms with Gasteiger partial charge in [0.1, 0.15) is 39.8 Å². The monoisotopic (exact) mass is 1460 g/mol. The third kappa shape index (κ3) is 18.9. The Hall–Kier alpha value is -9.24. The molecule has 0 aliphatic carbocycles. The number of nitrogens with two attached hydrogens (primary N) is 1. The van der Waals surface area contributed by atoms with Gasteiger partial charge in [-0.2, -0.15) is 20.0 Å². The lowest BCUT2D eigenvalue weighted by Crippen LogP contribution is -2.24. The molecule has 2 aromatic carbocycles. The van der Waals surface area contributed by atoms with Gasteiger partial charge in [-0.1, -0.05) is 86.4 Å². The minimum Gasteiger partial charge on any atom is -0.392 e. The number of pyridine rings is 5. The number of hydrogen-bond acceptors (Lipinski definition) is 20. The van der Waals surface area contributed by atoms with Gasteiger partial charge in [-0.15, -0.1) is 0 Å². The van der Waals surface area contributed by atoms with Crippen LogP contribution in [0.4, 0.5) is 33.2 Å². The smallest absolute Gasteiger partial charge is 0.290 e. The Morgan fingerprint density at radius 1 is 0.524 bits per heavy atom. The molecule has 8 aromatic heterocycles. The number of rotatable bonds is 12. The third-order valence-electron chi connectivity index (χ3n) is 20.5. The van der Waals surface area contributed by atoms with Gasteiger partial charge in [0, 0.05) is 104 Å². The topological polar surface area (TPSA) is 256 Å². The maximum atomic E-state index is 15.3. The van der Waals surface area contributed by atoms with Crippen LogP contribution in [0.1, 0.15) is 154 Å². The van der Waals surface area contributed by atoms with Crippen LogP contribution in [0.2, 0.25) is 10.3 Å². The first-order valence-corrected chi connectivity index (χ1v) is 36.7. The highest BCUT2D eigenvalue weighted by molar-refractivity contribution is 6.29. The molecule has 5 saturated heterocycles. The van der Waals surface area contributed by atoms with Crippen molar-refractivity contribution in [2.75, 3.05) is 84.3 Å². The first kappa shape index (κ1) is 76.9. The van der Waals surface area contributed by atoms with Crippen molar-refractivity contribution in [3.63, 3.8) is 0 Å². The normalized spacial score (nSPS) is 19.2. The highest BCUT2D eigenvalue weighted by Gasteiger charge is 2.28. The lowest BCUT2D eigenvalue weighted by atomic mass is 9.86. The third-order valence-corrected chi connectivity index (χ3v) is 20.9. The predicted molar refractivity (Wildman–Crippen MR) is 415 cm³/mol. The summed E-state index contributed by atoms with van der Waals surface area (Å²) in [5.41, 5.74) is 13.1. The molecule has 10 aromatic rings. The zero-order valence-corrected chi connectivity index (χ0v) is 63.1. The molecule has 105 heavy (non-hydrogen) atoms. The summed E-state index contributed by atoms with van der Waals surface area (Å²) >= 11 is 11.6. The van der Waals surface area contributed by atoms with Crippen LogP contribution in [0.15, 0.2) is 161 Å². The van der Waals surface area contributed by atoms with Crippen molar-refractivity contribution in [2.45, 2.75) is 127 Å². The van der Waals surface area contributed by atoms with E-state index in [4.69, 9.17) is 28.9 Å². The fourth-order valence-electron chi connectivity index (χ4n) is 14.6. The number of nitrogens with one attached hydrogen (secondary N) is 2. The molecule has 0 bridgehead atoms. The maximum absolute atomic E-state index is 15.3. The molecule has 5 fully saturated rings. The van der Waals surface area contributed by atoms with Crippen LogP contribution in [-0.2, 0) is 26.1 Å². The molecule has 15 rings (SSSR count). The van der Waals surface area contributed by atoms with Crippen molar-refractivity contribution in [3.8, 4) is 16.9 Å². The standard InChI is InChI=1S/C34H36FN7O3.C15H18ClN5O.C10H13ClN2.C10H15N3.C10H14N2/c1-34(2,3)22-14-21-18-37-42(33(45)31(21)25(35)15-22)29-9-6-8-23(24(29)19-43)26-16-27(32(44)41(5)39-26)38-30-12-11-20(17-36-30)28-10-7-13-40(28)4;1-20-7-3-4-12(20)10-5-6-14(17-9-10)18-11-8-13(16)19-21(2)15(11)22;2*1-13-6-2-3-9(13)8-4-5-10(11)12-7-8;1-12-7-3-5-10(12)9-4-2-6-11-8-9/h6,8-9,11-12,14-18,28,43H,7,10,13,19H2,1-5H3,(H,36,38);5-6,8-9,12H,3-4,7H2,1-2H3,(H,17,18);4-5,7,9H,2-3,6H2,1H3;4-5,7,9H,2-3,6H2,1H3,(H2,11,12);2,4,6,8,10H,3,5,7H2,1H3/t28-;12-;2*9-;10-/m00000/s1. The van der Waals surface area contributed by atoms with E-state index in [1.165, 1.54) is 122 Å². The van der Waals surface area contributed by atoms with Crippen LogP contribution in [0, 0.1) is 5.82 Å². The van der Waals surface area contributed by atoms with Gasteiger partial charge in [-0.3, -0.25) is 43.9 Å². The lowest BCUT2D eigenvalue weighted by Gasteiger charge is -2.20. The quantitative estimate of drug-likeness (QED) is 0.0829. The Kier molecular flexibility index (Phi) is 25.5. The number of benzene rings is 2. The number of aryl methyl sites for hydroxylation is 2. The highest BCUT2D eigenvalue weighted by Crippen LogP contribution is 2.36. The van der Waals surface area contributed by atoms with Crippen molar-refractivity contribution in [3.05, 3.63) is 233 Å². The Bertz CT molecular complexity index is 4690. The molecule has 0 amide bonds. The largest absolute Gasteiger partial charge is 0.392 e. The van der Waals surface area contributed by atoms with E-state index in [9.17, 15) is 19.5 Å². The van der Waals surface area contributed by atoms with Crippen LogP contribution in [-0.4, -0.2) is 152 Å². The number of nitrogens with zero attached hydrogens (tertiary/aromatic N) is 16. The first-order chi connectivity index (χ1) is 50.4. The molecular weight excluding hydrogens is 1370 g/mol. The Morgan fingerprint density at radius 2 is 1.00 bits per heavy atom. The van der Waals surface area contributed by atoms with Gasteiger partial charge in [0.05, 0.1) is 29.6 Å². The average Bonchev–Trinajstić information content (AvgIpc) is 1.20. The van der Waals surface area contributed by atoms with Gasteiger partial charge in [0.25, 0.3) is 16.7 Å². The second-order valence-corrected chi connectivity index (χ2v) is 29.6. The molecule has 13 heterocycles. The number of aliphatic hydroxyl groups is 1.